The van der Waals surface area contributed by atoms with E-state index < -0.39 is 0 Å². The Morgan fingerprint density at radius 3 is 2.66 bits per heavy atom. The van der Waals surface area contributed by atoms with Crippen molar-refractivity contribution < 1.29 is 4.79 Å². The molecule has 1 aliphatic heterocycles. The molecule has 0 radical (unpaired) electrons. The molecule has 160 valence electrons. The first kappa shape index (κ1) is 22.5. The summed E-state index contributed by atoms with van der Waals surface area (Å²) in [5, 5.41) is 1.19. The largest absolute Gasteiger partial charge is 0.342 e. The molecule has 2 N–H and O–H groups in total. The second-order valence-electron chi connectivity index (χ2n) is 9.69. The third-order valence-electron chi connectivity index (χ3n) is 6.97. The summed E-state index contributed by atoms with van der Waals surface area (Å²) >= 11 is 1.80. The van der Waals surface area contributed by atoms with Crippen molar-refractivity contribution in [3.8, 4) is 0 Å². The van der Waals surface area contributed by atoms with Crippen LogP contribution in [-0.2, 0) is 11.2 Å². The molecule has 1 saturated heterocycles. The Bertz CT molecular complexity index is 811. The second-order valence-corrected chi connectivity index (χ2v) is 10.8. The average Bonchev–Trinajstić information content (AvgIpc) is 3.06. The Balaban J connectivity index is 0.00000240. The van der Waals surface area contributed by atoms with Gasteiger partial charge in [0.05, 0.1) is 15.2 Å². The third-order valence-corrected chi connectivity index (χ3v) is 8.01. The number of para-hydroxylation sites is 1. The van der Waals surface area contributed by atoms with Crippen LogP contribution in [0, 0.1) is 10.8 Å². The smallest absolute Gasteiger partial charge is 0.223 e. The minimum absolute atomic E-state index is 0. The molecular weight excluding hydrogens is 402 g/mol. The molecule has 29 heavy (non-hydrogen) atoms. The number of hydrogen-bond acceptors (Lipinski definition) is 4. The fraction of sp³-hybridized carbons (Fsp3) is 0.652. The fourth-order valence-corrected chi connectivity index (χ4v) is 6.19. The molecule has 4 nitrogen and oxygen atoms in total. The summed E-state index contributed by atoms with van der Waals surface area (Å²) in [7, 11) is 0. The summed E-state index contributed by atoms with van der Waals surface area (Å²) < 4.78 is 1.25. The Morgan fingerprint density at radius 2 is 1.97 bits per heavy atom. The number of rotatable bonds is 4. The first-order chi connectivity index (χ1) is 13.4. The Morgan fingerprint density at radius 1 is 1.24 bits per heavy atom. The van der Waals surface area contributed by atoms with Crippen molar-refractivity contribution in [2.75, 3.05) is 13.1 Å². The lowest BCUT2D eigenvalue weighted by Gasteiger charge is -2.44. The number of nitrogens with zero attached hydrogens (tertiary/aromatic N) is 2. The standard InChI is InChI=1S/C23H33N3OS.ClH/c1-22(2)16-26(13-10-19(22)24)21(27)15-23(11-6-3-7-12-23)14-20-25-17-8-4-5-9-18(17)28-20;/h4-5,8-9,19H,3,6-7,10-16,24H2,1-2H3;1H. The van der Waals surface area contributed by atoms with Gasteiger partial charge in [0, 0.05) is 32.0 Å². The van der Waals surface area contributed by atoms with E-state index >= 15 is 0 Å². The van der Waals surface area contributed by atoms with Gasteiger partial charge < -0.3 is 10.6 Å². The maximum atomic E-state index is 13.3. The Labute approximate surface area is 184 Å². The number of thiazole rings is 1. The van der Waals surface area contributed by atoms with Gasteiger partial charge in [-0.25, -0.2) is 4.98 Å². The predicted octanol–water partition coefficient (Wildman–Crippen LogP) is 5.19. The molecule has 0 spiro atoms. The molecule has 1 aliphatic carbocycles. The highest BCUT2D eigenvalue weighted by Gasteiger charge is 2.40. The molecular formula is C23H34ClN3OS. The van der Waals surface area contributed by atoms with E-state index in [-0.39, 0.29) is 29.3 Å². The highest BCUT2D eigenvalue weighted by Crippen LogP contribution is 2.44. The quantitative estimate of drug-likeness (QED) is 0.719. The summed E-state index contributed by atoms with van der Waals surface area (Å²) in [6, 6.07) is 8.55. The number of carbonyl (C=O) groups is 1. The molecule has 1 amide bonds. The van der Waals surface area contributed by atoms with E-state index in [1.807, 2.05) is 0 Å². The monoisotopic (exact) mass is 435 g/mol. The van der Waals surface area contributed by atoms with E-state index in [0.29, 0.717) is 12.3 Å². The van der Waals surface area contributed by atoms with Crippen molar-refractivity contribution in [1.29, 1.82) is 0 Å². The molecule has 2 aromatic rings. The molecule has 4 rings (SSSR count). The highest BCUT2D eigenvalue weighted by atomic mass is 35.5. The van der Waals surface area contributed by atoms with Gasteiger partial charge >= 0.3 is 0 Å². The van der Waals surface area contributed by atoms with Gasteiger partial charge in [0.1, 0.15) is 0 Å². The summed E-state index contributed by atoms with van der Waals surface area (Å²) in [6.45, 7) is 5.97. The Hall–Kier alpha value is -1.17. The normalized spacial score (nSPS) is 23.6. The molecule has 1 saturated carbocycles. The number of fused-ring (bicyclic) bond motifs is 1. The summed E-state index contributed by atoms with van der Waals surface area (Å²) in [4.78, 5) is 20.3. The lowest BCUT2D eigenvalue weighted by atomic mass is 9.69. The van der Waals surface area contributed by atoms with E-state index in [2.05, 4.69) is 43.0 Å². The minimum atomic E-state index is 0. The number of amides is 1. The van der Waals surface area contributed by atoms with E-state index in [4.69, 9.17) is 10.7 Å². The molecule has 2 fully saturated rings. The number of nitrogens with two attached hydrogens (primary N) is 1. The second kappa shape index (κ2) is 8.91. The molecule has 1 unspecified atom stereocenters. The van der Waals surface area contributed by atoms with Gasteiger partial charge in [-0.2, -0.15) is 0 Å². The van der Waals surface area contributed by atoms with E-state index in [0.717, 1.165) is 44.3 Å². The number of likely N-dealkylation sites (tertiary alicyclic amines) is 1. The zero-order valence-electron chi connectivity index (χ0n) is 17.7. The van der Waals surface area contributed by atoms with Crippen LogP contribution in [0.15, 0.2) is 24.3 Å². The van der Waals surface area contributed by atoms with Crippen molar-refractivity contribution in [3.05, 3.63) is 29.3 Å². The van der Waals surface area contributed by atoms with Crippen LogP contribution in [0.5, 0.6) is 0 Å². The third kappa shape index (κ3) is 4.95. The minimum Gasteiger partial charge on any atom is -0.342 e. The van der Waals surface area contributed by atoms with Gasteiger partial charge in [0.25, 0.3) is 0 Å². The molecule has 2 heterocycles. The molecule has 1 aromatic carbocycles. The average molecular weight is 436 g/mol. The number of piperidine rings is 1. The van der Waals surface area contributed by atoms with E-state index in [9.17, 15) is 4.79 Å². The van der Waals surface area contributed by atoms with Crippen molar-refractivity contribution in [3.63, 3.8) is 0 Å². The van der Waals surface area contributed by atoms with Gasteiger partial charge in [0.15, 0.2) is 0 Å². The maximum absolute atomic E-state index is 13.3. The van der Waals surface area contributed by atoms with E-state index in [1.54, 1.807) is 11.3 Å². The van der Waals surface area contributed by atoms with Crippen LogP contribution in [0.1, 0.15) is 63.8 Å². The van der Waals surface area contributed by atoms with Crippen LogP contribution < -0.4 is 5.73 Å². The van der Waals surface area contributed by atoms with Gasteiger partial charge in [-0.1, -0.05) is 45.2 Å². The van der Waals surface area contributed by atoms with Crippen LogP contribution in [0.3, 0.4) is 0 Å². The summed E-state index contributed by atoms with van der Waals surface area (Å²) in [5.41, 5.74) is 7.45. The topological polar surface area (TPSA) is 59.2 Å². The molecule has 1 atom stereocenters. The van der Waals surface area contributed by atoms with Crippen LogP contribution in [0.2, 0.25) is 0 Å². The van der Waals surface area contributed by atoms with Gasteiger partial charge in [-0.15, -0.1) is 23.7 Å². The first-order valence-electron chi connectivity index (χ1n) is 10.7. The van der Waals surface area contributed by atoms with E-state index in [1.165, 1.54) is 29.0 Å². The summed E-state index contributed by atoms with van der Waals surface area (Å²) in [5.74, 6) is 0.322. The summed E-state index contributed by atoms with van der Waals surface area (Å²) in [6.07, 6.45) is 8.55. The van der Waals surface area contributed by atoms with Crippen molar-refractivity contribution >= 4 is 39.9 Å². The number of hydrogen-bond donors (Lipinski definition) is 1. The highest BCUT2D eigenvalue weighted by molar-refractivity contribution is 7.18. The predicted molar refractivity (Wildman–Crippen MR) is 124 cm³/mol. The molecule has 1 aromatic heterocycles. The SMILES string of the molecule is CC1(C)CN(C(=O)CC2(Cc3nc4ccccc4s3)CCCCC2)CCC1N.Cl. The first-order valence-corrected chi connectivity index (χ1v) is 11.6. The van der Waals surface area contributed by atoms with Gasteiger partial charge in [-0.3, -0.25) is 4.79 Å². The van der Waals surface area contributed by atoms with Crippen molar-refractivity contribution in [2.24, 2.45) is 16.6 Å². The van der Waals surface area contributed by atoms with Crippen LogP contribution in [0.25, 0.3) is 10.2 Å². The zero-order valence-corrected chi connectivity index (χ0v) is 19.3. The van der Waals surface area contributed by atoms with Crippen LogP contribution >= 0.6 is 23.7 Å². The number of halogens is 1. The van der Waals surface area contributed by atoms with Crippen LogP contribution in [-0.4, -0.2) is 34.9 Å². The molecule has 0 bridgehead atoms. The maximum Gasteiger partial charge on any atom is 0.223 e. The van der Waals surface area contributed by atoms with Gasteiger partial charge in [-0.05, 0) is 42.2 Å². The zero-order chi connectivity index (χ0) is 19.8. The number of carbonyl (C=O) groups excluding carboxylic acids is 1. The lowest BCUT2D eigenvalue weighted by molar-refractivity contribution is -0.137. The lowest BCUT2D eigenvalue weighted by Crippen LogP contribution is -2.54. The Kier molecular flexibility index (Phi) is 6.91. The number of benzene rings is 1. The molecule has 2 aliphatic rings. The van der Waals surface area contributed by atoms with Crippen molar-refractivity contribution in [2.45, 2.75) is 71.3 Å². The van der Waals surface area contributed by atoms with Crippen molar-refractivity contribution in [1.82, 2.24) is 9.88 Å². The number of aromatic nitrogens is 1. The van der Waals surface area contributed by atoms with Gasteiger partial charge in [0.2, 0.25) is 5.91 Å². The molecule has 6 heteroatoms. The fourth-order valence-electron chi connectivity index (χ4n) is 5.05. The van der Waals surface area contributed by atoms with Crippen LogP contribution in [0.4, 0.5) is 0 Å².